The first kappa shape index (κ1) is 27.2. The van der Waals surface area contributed by atoms with E-state index in [9.17, 15) is 0 Å². The molecule has 0 unspecified atom stereocenters. The third-order valence-electron chi connectivity index (χ3n) is 1.48. The van der Waals surface area contributed by atoms with Crippen molar-refractivity contribution in [3.8, 4) is 0 Å². The second-order valence-electron chi connectivity index (χ2n) is 2.60. The second-order valence-corrected chi connectivity index (χ2v) is 3.04. The maximum Gasteiger partial charge on any atom is 3.00 e. The summed E-state index contributed by atoms with van der Waals surface area (Å²) in [4.78, 5) is 4.25. The summed E-state index contributed by atoms with van der Waals surface area (Å²) in [5.41, 5.74) is 6.63. The van der Waals surface area contributed by atoms with Gasteiger partial charge in [-0.15, -0.1) is 0 Å². The van der Waals surface area contributed by atoms with Gasteiger partial charge in [-0.05, 0) is 12.1 Å². The molecule has 1 heterocycles. The molecule has 1 aromatic rings. The molecule has 0 fully saturated rings. The van der Waals surface area contributed by atoms with E-state index in [-0.39, 0.29) is 54.3 Å². The fourth-order valence-corrected chi connectivity index (χ4v) is 1.16. The van der Waals surface area contributed by atoms with Crippen LogP contribution in [0.3, 0.4) is 0 Å². The van der Waals surface area contributed by atoms with E-state index in [0.29, 0.717) is 16.4 Å². The molecule has 0 aliphatic rings. The number of aromatic nitrogens is 1. The number of pyridine rings is 1. The molecule has 5 nitrogen and oxygen atoms in total. The van der Waals surface area contributed by atoms with Crippen LogP contribution in [0.25, 0.3) is 0 Å². The van der Waals surface area contributed by atoms with Gasteiger partial charge in [-0.25, -0.2) is 4.98 Å². The van der Waals surface area contributed by atoms with Crippen molar-refractivity contribution in [1.82, 2.24) is 15.8 Å². The minimum Gasteiger partial charge on any atom is -1.00 e. The second kappa shape index (κ2) is 15.8. The van der Waals surface area contributed by atoms with Crippen molar-refractivity contribution in [2.24, 2.45) is 10.2 Å². The van der Waals surface area contributed by atoms with Gasteiger partial charge in [0.2, 0.25) is 0 Å². The van der Waals surface area contributed by atoms with Gasteiger partial charge in [-0.3, -0.25) is 0 Å². The van der Waals surface area contributed by atoms with Crippen LogP contribution in [0.5, 0.6) is 0 Å². The Labute approximate surface area is 146 Å². The fraction of sp³-hybridized carbons (Fsp3) is 0.222. The number of rotatable bonds is 4. The Morgan fingerprint density at radius 3 is 1.68 bits per heavy atom. The molecule has 2 N–H and O–H groups in total. The number of hydrogen-bond acceptors (Lipinski definition) is 5. The van der Waals surface area contributed by atoms with Crippen LogP contribution in [0.15, 0.2) is 22.3 Å². The van der Waals surface area contributed by atoms with Crippen molar-refractivity contribution in [3.05, 3.63) is 28.5 Å². The van der Waals surface area contributed by atoms with E-state index in [1.54, 1.807) is 38.7 Å². The van der Waals surface area contributed by atoms with E-state index in [1.807, 2.05) is 0 Å². The summed E-state index contributed by atoms with van der Waals surface area (Å²) in [6, 6.07) is 3.44. The van der Waals surface area contributed by atoms with Gasteiger partial charge in [-0.2, -0.15) is 10.2 Å². The van der Waals surface area contributed by atoms with Crippen LogP contribution in [0.1, 0.15) is 11.4 Å². The molecule has 19 heavy (non-hydrogen) atoms. The Kier molecular flexibility index (Phi) is 22.6. The van der Waals surface area contributed by atoms with Gasteiger partial charge >= 0.3 is 17.1 Å². The van der Waals surface area contributed by atoms with Crippen LogP contribution < -0.4 is 48.1 Å². The third-order valence-corrected chi connectivity index (χ3v) is 1.70. The summed E-state index contributed by atoms with van der Waals surface area (Å²) < 4.78 is 0. The molecule has 0 atom stereocenters. The topological polar surface area (TPSA) is 61.7 Å². The maximum atomic E-state index is 5.90. The van der Waals surface area contributed by atoms with Crippen LogP contribution >= 0.6 is 11.6 Å². The largest absolute Gasteiger partial charge is 3.00 e. The Morgan fingerprint density at radius 2 is 1.37 bits per heavy atom. The maximum absolute atomic E-state index is 5.90. The van der Waals surface area contributed by atoms with Gasteiger partial charge in [0.05, 0.1) is 23.8 Å². The molecular weight excluding hydrogens is 376 g/mol. The molecular formula is C9H12Cl4FeN5. The van der Waals surface area contributed by atoms with E-state index in [0.717, 1.165) is 0 Å². The molecule has 0 aliphatic heterocycles. The summed E-state index contributed by atoms with van der Waals surface area (Å²) in [6.07, 6.45) is 3.17. The molecule has 1 aromatic heterocycles. The fourth-order valence-electron chi connectivity index (χ4n) is 0.931. The number of halogens is 4. The molecule has 0 aromatic carbocycles. The minimum atomic E-state index is 0. The van der Waals surface area contributed by atoms with Crippen LogP contribution in [0.4, 0.5) is 0 Å². The third kappa shape index (κ3) is 11.3. The van der Waals surface area contributed by atoms with Crippen LogP contribution in [-0.2, 0) is 17.1 Å². The Bertz CT molecular complexity index is 357. The predicted molar refractivity (Wildman–Crippen MR) is 62.6 cm³/mol. The van der Waals surface area contributed by atoms with Crippen LogP contribution in [0, 0.1) is 0 Å². The Morgan fingerprint density at radius 1 is 1.00 bits per heavy atom. The van der Waals surface area contributed by atoms with Gasteiger partial charge in [0.25, 0.3) is 0 Å². The minimum absolute atomic E-state index is 0. The monoisotopic (exact) mass is 386 g/mol. The first-order valence-corrected chi connectivity index (χ1v) is 4.71. The normalized spacial score (nSPS) is 8.79. The van der Waals surface area contributed by atoms with E-state index in [1.165, 1.54) is 0 Å². The van der Waals surface area contributed by atoms with E-state index in [4.69, 9.17) is 11.6 Å². The zero-order chi connectivity index (χ0) is 11.1. The molecule has 10 heteroatoms. The van der Waals surface area contributed by atoms with Crippen molar-refractivity contribution in [1.29, 1.82) is 0 Å². The van der Waals surface area contributed by atoms with Crippen molar-refractivity contribution >= 4 is 24.0 Å². The molecule has 0 amide bonds. The van der Waals surface area contributed by atoms with Crippen LogP contribution in [0.2, 0.25) is 5.02 Å². The predicted octanol–water partition coefficient (Wildman–Crippen LogP) is -8.15. The molecule has 109 valence electrons. The van der Waals surface area contributed by atoms with Gasteiger partial charge < -0.3 is 48.1 Å². The zero-order valence-corrected chi connectivity index (χ0v) is 14.1. The molecule has 0 bridgehead atoms. The molecule has 0 spiro atoms. The molecule has 0 aliphatic carbocycles. The molecule has 0 saturated carbocycles. The molecule has 0 saturated heterocycles. The van der Waals surface area contributed by atoms with Gasteiger partial charge in [0.15, 0.2) is 0 Å². The summed E-state index contributed by atoms with van der Waals surface area (Å²) in [5, 5.41) is 8.29. The van der Waals surface area contributed by atoms with Crippen molar-refractivity contribution < 1.29 is 54.3 Å². The Balaban J connectivity index is -0.000000281. The van der Waals surface area contributed by atoms with E-state index in [2.05, 4.69) is 26.0 Å². The van der Waals surface area contributed by atoms with Gasteiger partial charge in [0.1, 0.15) is 0 Å². The first-order chi connectivity index (χ1) is 7.26. The number of nitrogens with zero attached hydrogens (tertiary/aromatic N) is 3. The standard InChI is InChI=1S/C9H12ClN5.3ClH.Fe/c1-11-13-5-8-3-7(10)4-9(15-8)6-14-12-2;;;;/h3-6,11-12H,1-2H3;3*1H;/q;;;;+3/p-3. The smallest absolute Gasteiger partial charge is 1.00 e. The quantitative estimate of drug-likeness (QED) is 0.306. The summed E-state index contributed by atoms with van der Waals surface area (Å²) in [5.74, 6) is 0. The Hall–Kier alpha value is -0.231. The zero-order valence-electron chi connectivity index (χ0n) is 10.0. The SMILES string of the molecule is CNN=Cc1cc(Cl)cc(C=NNC)n1.[Cl-].[Cl-].[Cl-].[Fe+3]. The molecule has 1 rings (SSSR count). The summed E-state index contributed by atoms with van der Waals surface area (Å²) >= 11 is 5.90. The average Bonchev–Trinajstić information content (AvgIpc) is 2.23. The van der Waals surface area contributed by atoms with Crippen molar-refractivity contribution in [3.63, 3.8) is 0 Å². The number of hydrazone groups is 2. The van der Waals surface area contributed by atoms with Gasteiger partial charge in [0, 0.05) is 19.1 Å². The average molecular weight is 388 g/mol. The van der Waals surface area contributed by atoms with Crippen molar-refractivity contribution in [2.45, 2.75) is 0 Å². The van der Waals surface area contributed by atoms with Crippen molar-refractivity contribution in [2.75, 3.05) is 14.1 Å². The number of hydrogen-bond donors (Lipinski definition) is 2. The van der Waals surface area contributed by atoms with Gasteiger partial charge in [-0.1, -0.05) is 11.6 Å². The molecule has 1 radical (unpaired) electrons. The van der Waals surface area contributed by atoms with Crippen LogP contribution in [-0.4, -0.2) is 31.5 Å². The van der Waals surface area contributed by atoms with E-state index >= 15 is 0 Å². The number of nitrogens with one attached hydrogen (secondary N) is 2. The van der Waals surface area contributed by atoms with E-state index < -0.39 is 0 Å². The summed E-state index contributed by atoms with van der Waals surface area (Å²) in [6.45, 7) is 0. The first-order valence-electron chi connectivity index (χ1n) is 4.33. The summed E-state index contributed by atoms with van der Waals surface area (Å²) in [7, 11) is 3.43.